The first kappa shape index (κ1) is 21.9. The number of nitro benzene ring substituents is 1. The highest BCUT2D eigenvalue weighted by molar-refractivity contribution is 5.97. The lowest BCUT2D eigenvalue weighted by molar-refractivity contribution is -0.384. The van der Waals surface area contributed by atoms with Gasteiger partial charge >= 0.3 is 12.1 Å². The second-order valence-corrected chi connectivity index (χ2v) is 6.27. The minimum atomic E-state index is -4.78. The molecule has 0 spiro atoms. The number of hydrogen-bond acceptors (Lipinski definition) is 7. The number of ether oxygens (including phenoxy) is 1. The number of anilines is 1. The maximum atomic E-state index is 12.7. The molecule has 12 heteroatoms. The van der Waals surface area contributed by atoms with Crippen molar-refractivity contribution >= 4 is 23.3 Å². The van der Waals surface area contributed by atoms with E-state index in [2.05, 4.69) is 10.5 Å². The Hall–Kier alpha value is -3.44. The molecule has 1 N–H and O–H groups in total. The van der Waals surface area contributed by atoms with Crippen LogP contribution in [-0.2, 0) is 15.7 Å². The largest absolute Gasteiger partial charge is 0.452 e. The van der Waals surface area contributed by atoms with E-state index in [1.54, 1.807) is 13.8 Å². The molecule has 1 heterocycles. The molecule has 9 nitrogen and oxygen atoms in total. The Morgan fingerprint density at radius 3 is 2.55 bits per heavy atom. The van der Waals surface area contributed by atoms with Crippen molar-refractivity contribution in [2.45, 2.75) is 32.9 Å². The van der Waals surface area contributed by atoms with Crippen LogP contribution < -0.4 is 5.32 Å². The van der Waals surface area contributed by atoms with Gasteiger partial charge in [-0.25, -0.2) is 4.79 Å². The van der Waals surface area contributed by atoms with Gasteiger partial charge in [0.25, 0.3) is 11.6 Å². The lowest BCUT2D eigenvalue weighted by atomic mass is 10.1. The molecule has 0 atom stereocenters. The molecule has 2 rings (SSSR count). The van der Waals surface area contributed by atoms with Crippen molar-refractivity contribution in [3.05, 3.63) is 50.9 Å². The number of amides is 1. The first-order chi connectivity index (χ1) is 13.4. The highest BCUT2D eigenvalue weighted by Crippen LogP contribution is 2.35. The number of carbonyl (C=O) groups excluding carboxylic acids is 2. The molecule has 0 aliphatic heterocycles. The molecule has 156 valence electrons. The summed E-state index contributed by atoms with van der Waals surface area (Å²) in [6, 6.07) is 1.64. The van der Waals surface area contributed by atoms with Crippen LogP contribution in [0.25, 0.3) is 0 Å². The summed E-state index contributed by atoms with van der Waals surface area (Å²) in [4.78, 5) is 34.1. The lowest BCUT2D eigenvalue weighted by Crippen LogP contribution is -2.22. The van der Waals surface area contributed by atoms with Gasteiger partial charge in [-0.1, -0.05) is 19.0 Å². The predicted octanol–water partition coefficient (Wildman–Crippen LogP) is 3.83. The van der Waals surface area contributed by atoms with Gasteiger partial charge in [-0.05, 0) is 19.1 Å². The number of nitrogens with one attached hydrogen (secondary N) is 1. The average Bonchev–Trinajstić information content (AvgIpc) is 3.00. The van der Waals surface area contributed by atoms with E-state index < -0.39 is 46.5 Å². The Kier molecular flexibility index (Phi) is 6.25. The molecule has 1 amide bonds. The molecule has 0 bridgehead atoms. The summed E-state index contributed by atoms with van der Waals surface area (Å²) >= 11 is 0. The van der Waals surface area contributed by atoms with Crippen LogP contribution in [0.1, 0.15) is 47.1 Å². The Morgan fingerprint density at radius 2 is 2.00 bits per heavy atom. The number of alkyl halides is 3. The lowest BCUT2D eigenvalue weighted by Gasteiger charge is -2.10. The molecule has 1 aromatic heterocycles. The van der Waals surface area contributed by atoms with Crippen molar-refractivity contribution in [1.29, 1.82) is 0 Å². The zero-order chi connectivity index (χ0) is 21.9. The second-order valence-electron chi connectivity index (χ2n) is 6.27. The quantitative estimate of drug-likeness (QED) is 0.432. The molecular formula is C17H16F3N3O6. The van der Waals surface area contributed by atoms with Gasteiger partial charge in [0.2, 0.25) is 0 Å². The smallest absolute Gasteiger partial charge is 0.416 e. The maximum absolute atomic E-state index is 12.7. The van der Waals surface area contributed by atoms with E-state index in [0.717, 1.165) is 6.07 Å². The standard InChI is InChI=1S/C17H16F3N3O6/c1-8(2)15-14(9(3)22-29-15)16(25)28-7-13(24)21-11-5-4-10(17(18,19)20)6-12(11)23(26)27/h4-6,8H,7H2,1-3H3,(H,21,24). The number of esters is 1. The summed E-state index contributed by atoms with van der Waals surface area (Å²) < 4.78 is 48.0. The first-order valence-corrected chi connectivity index (χ1v) is 8.20. The third-order valence-corrected chi connectivity index (χ3v) is 3.75. The third-order valence-electron chi connectivity index (χ3n) is 3.75. The number of rotatable bonds is 6. The predicted molar refractivity (Wildman–Crippen MR) is 92.3 cm³/mol. The number of aryl methyl sites for hydroxylation is 1. The number of nitrogens with zero attached hydrogens (tertiary/aromatic N) is 2. The molecule has 0 unspecified atom stereocenters. The van der Waals surface area contributed by atoms with Crippen LogP contribution in [0.5, 0.6) is 0 Å². The van der Waals surface area contributed by atoms with E-state index in [0.29, 0.717) is 12.1 Å². The third kappa shape index (κ3) is 5.09. The van der Waals surface area contributed by atoms with Crippen molar-refractivity contribution in [2.24, 2.45) is 0 Å². The monoisotopic (exact) mass is 415 g/mol. The topological polar surface area (TPSA) is 125 Å². The van der Waals surface area contributed by atoms with Gasteiger partial charge in [-0.15, -0.1) is 0 Å². The first-order valence-electron chi connectivity index (χ1n) is 8.20. The van der Waals surface area contributed by atoms with E-state index in [9.17, 15) is 32.9 Å². The zero-order valence-corrected chi connectivity index (χ0v) is 15.5. The van der Waals surface area contributed by atoms with E-state index in [-0.39, 0.29) is 22.9 Å². The Labute approximate surface area is 162 Å². The summed E-state index contributed by atoms with van der Waals surface area (Å²) in [5, 5.41) is 16.8. The fourth-order valence-corrected chi connectivity index (χ4v) is 2.38. The summed E-state index contributed by atoms with van der Waals surface area (Å²) in [6.07, 6.45) is -4.78. The molecule has 29 heavy (non-hydrogen) atoms. The molecule has 0 saturated carbocycles. The highest BCUT2D eigenvalue weighted by Gasteiger charge is 2.33. The van der Waals surface area contributed by atoms with Gasteiger partial charge in [0.05, 0.1) is 16.2 Å². The summed E-state index contributed by atoms with van der Waals surface area (Å²) in [5.74, 6) is -1.76. The number of carbonyl (C=O) groups is 2. The summed E-state index contributed by atoms with van der Waals surface area (Å²) in [6.45, 7) is 4.21. The van der Waals surface area contributed by atoms with Gasteiger partial charge in [0.1, 0.15) is 11.3 Å². The van der Waals surface area contributed by atoms with Gasteiger partial charge < -0.3 is 14.6 Å². The fraction of sp³-hybridized carbons (Fsp3) is 0.353. The normalized spacial score (nSPS) is 11.4. The van der Waals surface area contributed by atoms with Gasteiger partial charge in [0, 0.05) is 12.0 Å². The fourth-order valence-electron chi connectivity index (χ4n) is 2.38. The molecule has 0 radical (unpaired) electrons. The highest BCUT2D eigenvalue weighted by atomic mass is 19.4. The average molecular weight is 415 g/mol. The molecule has 0 saturated heterocycles. The molecule has 0 aliphatic rings. The van der Waals surface area contributed by atoms with Crippen LogP contribution in [0.2, 0.25) is 0 Å². The van der Waals surface area contributed by atoms with Crippen LogP contribution in [0, 0.1) is 17.0 Å². The minimum absolute atomic E-state index is 0.0633. The number of hydrogen-bond donors (Lipinski definition) is 1. The zero-order valence-electron chi connectivity index (χ0n) is 15.5. The molecule has 0 aliphatic carbocycles. The molecule has 2 aromatic rings. The van der Waals surface area contributed by atoms with Crippen molar-refractivity contribution in [3.63, 3.8) is 0 Å². The minimum Gasteiger partial charge on any atom is -0.452 e. The van der Waals surface area contributed by atoms with Crippen molar-refractivity contribution in [3.8, 4) is 0 Å². The van der Waals surface area contributed by atoms with E-state index in [1.807, 2.05) is 0 Å². The molecule has 1 aromatic carbocycles. The van der Waals surface area contributed by atoms with Gasteiger partial charge in [-0.2, -0.15) is 13.2 Å². The van der Waals surface area contributed by atoms with Crippen molar-refractivity contribution < 1.29 is 36.9 Å². The van der Waals surface area contributed by atoms with Crippen LogP contribution >= 0.6 is 0 Å². The summed E-state index contributed by atoms with van der Waals surface area (Å²) in [5.41, 5.74) is -2.33. The van der Waals surface area contributed by atoms with Crippen LogP contribution in [-0.4, -0.2) is 28.6 Å². The van der Waals surface area contributed by atoms with Crippen LogP contribution in [0.15, 0.2) is 22.7 Å². The maximum Gasteiger partial charge on any atom is 0.416 e. The number of benzene rings is 1. The number of halogens is 3. The Bertz CT molecular complexity index is 952. The number of nitro groups is 1. The summed E-state index contributed by atoms with van der Waals surface area (Å²) in [7, 11) is 0. The molecule has 0 fully saturated rings. The van der Waals surface area contributed by atoms with Crippen molar-refractivity contribution in [1.82, 2.24) is 5.16 Å². The molecular weight excluding hydrogens is 399 g/mol. The van der Waals surface area contributed by atoms with Crippen molar-refractivity contribution in [2.75, 3.05) is 11.9 Å². The van der Waals surface area contributed by atoms with Gasteiger partial charge in [-0.3, -0.25) is 14.9 Å². The van der Waals surface area contributed by atoms with Crippen LogP contribution in [0.3, 0.4) is 0 Å². The van der Waals surface area contributed by atoms with Crippen LogP contribution in [0.4, 0.5) is 24.5 Å². The van der Waals surface area contributed by atoms with E-state index in [4.69, 9.17) is 9.26 Å². The Morgan fingerprint density at radius 1 is 1.34 bits per heavy atom. The van der Waals surface area contributed by atoms with E-state index >= 15 is 0 Å². The van der Waals surface area contributed by atoms with E-state index in [1.165, 1.54) is 6.92 Å². The second kappa shape index (κ2) is 8.29. The SMILES string of the molecule is Cc1noc(C(C)C)c1C(=O)OCC(=O)Nc1ccc(C(F)(F)F)cc1[N+](=O)[O-]. The number of aromatic nitrogens is 1. The van der Waals surface area contributed by atoms with Gasteiger partial charge in [0.15, 0.2) is 12.4 Å². The Balaban J connectivity index is 2.11.